The highest BCUT2D eigenvalue weighted by Gasteiger charge is 2.21. The zero-order chi connectivity index (χ0) is 15.0. The number of amides is 2. The van der Waals surface area contributed by atoms with Gasteiger partial charge in [-0.15, -0.1) is 0 Å². The number of nitrogens with one attached hydrogen (secondary N) is 2. The van der Waals surface area contributed by atoms with E-state index in [4.69, 9.17) is 5.11 Å². The van der Waals surface area contributed by atoms with Crippen LogP contribution in [0.4, 0.5) is 4.79 Å². The molecular formula is C13H16N2O5. The standard InChI is InChI=1S/C13H16N2O5/c1-20-13(19)15-10(12(18)14-8-11(16)17)7-9-5-3-2-4-6-9/h2-6,10H,7-8H2,1H3,(H,14,18)(H,15,19)(H,16,17)/t10-/m0/s1. The Hall–Kier alpha value is -2.57. The molecule has 0 spiro atoms. The van der Waals surface area contributed by atoms with E-state index < -0.39 is 30.6 Å². The van der Waals surface area contributed by atoms with Gasteiger partial charge in [0.15, 0.2) is 0 Å². The van der Waals surface area contributed by atoms with Gasteiger partial charge in [0.25, 0.3) is 0 Å². The van der Waals surface area contributed by atoms with E-state index in [1.807, 2.05) is 6.07 Å². The van der Waals surface area contributed by atoms with Crippen LogP contribution in [0.2, 0.25) is 0 Å². The Labute approximate surface area is 115 Å². The second-order valence-electron chi connectivity index (χ2n) is 3.99. The maximum Gasteiger partial charge on any atom is 0.407 e. The van der Waals surface area contributed by atoms with Crippen LogP contribution in [0.25, 0.3) is 0 Å². The van der Waals surface area contributed by atoms with E-state index in [1.54, 1.807) is 24.3 Å². The fraction of sp³-hybridized carbons (Fsp3) is 0.308. The molecule has 0 saturated carbocycles. The van der Waals surface area contributed by atoms with Gasteiger partial charge >= 0.3 is 12.1 Å². The molecule has 1 aromatic carbocycles. The third kappa shape index (κ3) is 5.38. The number of aliphatic carboxylic acids is 1. The van der Waals surface area contributed by atoms with Gasteiger partial charge in [0.2, 0.25) is 5.91 Å². The molecule has 7 heteroatoms. The Morgan fingerprint density at radius 3 is 2.45 bits per heavy atom. The van der Waals surface area contributed by atoms with Crippen LogP contribution < -0.4 is 10.6 Å². The van der Waals surface area contributed by atoms with Gasteiger partial charge in [0.05, 0.1) is 7.11 Å². The summed E-state index contributed by atoms with van der Waals surface area (Å²) in [6, 6.07) is 8.15. The van der Waals surface area contributed by atoms with Crippen molar-refractivity contribution in [1.82, 2.24) is 10.6 Å². The lowest BCUT2D eigenvalue weighted by atomic mass is 10.1. The van der Waals surface area contributed by atoms with Gasteiger partial charge in [0, 0.05) is 6.42 Å². The zero-order valence-corrected chi connectivity index (χ0v) is 11.0. The second kappa shape index (κ2) is 7.78. The van der Waals surface area contributed by atoms with Gasteiger partial charge in [-0.2, -0.15) is 0 Å². The molecule has 1 atom stereocenters. The van der Waals surface area contributed by atoms with Crippen molar-refractivity contribution in [3.63, 3.8) is 0 Å². The number of alkyl carbamates (subject to hydrolysis) is 1. The molecule has 0 unspecified atom stereocenters. The van der Waals surface area contributed by atoms with E-state index in [1.165, 1.54) is 7.11 Å². The number of benzene rings is 1. The summed E-state index contributed by atoms with van der Waals surface area (Å²) in [6.45, 7) is -0.507. The van der Waals surface area contributed by atoms with E-state index in [0.717, 1.165) is 5.56 Å². The number of carboxylic acids is 1. The molecule has 0 aromatic heterocycles. The third-order valence-electron chi connectivity index (χ3n) is 2.49. The molecule has 0 saturated heterocycles. The van der Waals surface area contributed by atoms with Crippen LogP contribution in [0.1, 0.15) is 5.56 Å². The van der Waals surface area contributed by atoms with Crippen molar-refractivity contribution in [2.45, 2.75) is 12.5 Å². The largest absolute Gasteiger partial charge is 0.480 e. The summed E-state index contributed by atoms with van der Waals surface area (Å²) in [5, 5.41) is 13.1. The van der Waals surface area contributed by atoms with Crippen molar-refractivity contribution in [3.8, 4) is 0 Å². The first-order valence-corrected chi connectivity index (χ1v) is 5.91. The maximum atomic E-state index is 11.9. The van der Waals surface area contributed by atoms with E-state index in [9.17, 15) is 14.4 Å². The lowest BCUT2D eigenvalue weighted by Crippen LogP contribution is -2.49. The van der Waals surface area contributed by atoms with E-state index >= 15 is 0 Å². The molecule has 0 fully saturated rings. The number of hydrogen-bond acceptors (Lipinski definition) is 4. The van der Waals surface area contributed by atoms with Gasteiger partial charge in [-0.1, -0.05) is 30.3 Å². The normalized spacial score (nSPS) is 11.2. The summed E-state index contributed by atoms with van der Waals surface area (Å²) in [5.41, 5.74) is 0.833. The summed E-state index contributed by atoms with van der Waals surface area (Å²) < 4.78 is 4.45. The zero-order valence-electron chi connectivity index (χ0n) is 11.0. The summed E-state index contributed by atoms with van der Waals surface area (Å²) >= 11 is 0. The Balaban J connectivity index is 2.71. The average Bonchev–Trinajstić information content (AvgIpc) is 2.44. The molecule has 0 aliphatic heterocycles. The Morgan fingerprint density at radius 1 is 1.25 bits per heavy atom. The number of carbonyl (C=O) groups is 3. The van der Waals surface area contributed by atoms with Crippen molar-refractivity contribution in [3.05, 3.63) is 35.9 Å². The Kier molecular flexibility index (Phi) is 6.02. The van der Waals surface area contributed by atoms with Crippen molar-refractivity contribution in [2.24, 2.45) is 0 Å². The molecule has 2 amide bonds. The van der Waals surface area contributed by atoms with Crippen LogP contribution in [0.3, 0.4) is 0 Å². The van der Waals surface area contributed by atoms with E-state index in [2.05, 4.69) is 15.4 Å². The van der Waals surface area contributed by atoms with Crippen molar-refractivity contribution in [2.75, 3.05) is 13.7 Å². The van der Waals surface area contributed by atoms with Crippen molar-refractivity contribution < 1.29 is 24.2 Å². The molecule has 108 valence electrons. The van der Waals surface area contributed by atoms with Crippen LogP contribution >= 0.6 is 0 Å². The second-order valence-corrected chi connectivity index (χ2v) is 3.99. The molecule has 0 bridgehead atoms. The number of ether oxygens (including phenoxy) is 1. The minimum absolute atomic E-state index is 0.237. The third-order valence-corrected chi connectivity index (χ3v) is 2.49. The Bertz CT molecular complexity index is 475. The lowest BCUT2D eigenvalue weighted by Gasteiger charge is -2.17. The van der Waals surface area contributed by atoms with Crippen LogP contribution in [0.15, 0.2) is 30.3 Å². The first-order chi connectivity index (χ1) is 9.52. The minimum Gasteiger partial charge on any atom is -0.480 e. The van der Waals surface area contributed by atoms with Gasteiger partial charge in [-0.05, 0) is 5.56 Å². The topological polar surface area (TPSA) is 105 Å². The molecule has 0 heterocycles. The summed E-state index contributed by atoms with van der Waals surface area (Å²) in [4.78, 5) is 33.5. The van der Waals surface area contributed by atoms with Crippen molar-refractivity contribution >= 4 is 18.0 Å². The summed E-state index contributed by atoms with van der Waals surface area (Å²) in [7, 11) is 1.18. The predicted molar refractivity (Wildman–Crippen MR) is 70.1 cm³/mol. The fourth-order valence-electron chi connectivity index (χ4n) is 1.55. The van der Waals surface area contributed by atoms with Crippen LogP contribution in [0, 0.1) is 0 Å². The molecule has 0 aliphatic carbocycles. The molecular weight excluding hydrogens is 264 g/mol. The van der Waals surface area contributed by atoms with Gasteiger partial charge in [-0.25, -0.2) is 4.79 Å². The molecule has 0 aliphatic rings. The summed E-state index contributed by atoms with van der Waals surface area (Å²) in [6.07, 6.45) is -0.516. The maximum absolute atomic E-state index is 11.9. The highest BCUT2D eigenvalue weighted by atomic mass is 16.5. The first kappa shape index (κ1) is 15.5. The lowest BCUT2D eigenvalue weighted by molar-refractivity contribution is -0.138. The van der Waals surface area contributed by atoms with Crippen molar-refractivity contribution in [1.29, 1.82) is 0 Å². The highest BCUT2D eigenvalue weighted by molar-refractivity contribution is 5.88. The monoisotopic (exact) mass is 280 g/mol. The first-order valence-electron chi connectivity index (χ1n) is 5.91. The highest BCUT2D eigenvalue weighted by Crippen LogP contribution is 2.03. The number of rotatable bonds is 6. The SMILES string of the molecule is COC(=O)N[C@@H](Cc1ccccc1)C(=O)NCC(=O)O. The van der Waals surface area contributed by atoms with E-state index in [0.29, 0.717) is 0 Å². The van der Waals surface area contributed by atoms with Crippen LogP contribution in [-0.2, 0) is 20.7 Å². The average molecular weight is 280 g/mol. The molecule has 1 aromatic rings. The molecule has 3 N–H and O–H groups in total. The van der Waals surface area contributed by atoms with Gasteiger partial charge in [-0.3, -0.25) is 9.59 Å². The number of methoxy groups -OCH3 is 1. The number of carbonyl (C=O) groups excluding carboxylic acids is 2. The molecule has 1 rings (SSSR count). The molecule has 20 heavy (non-hydrogen) atoms. The minimum atomic E-state index is -1.16. The fourth-order valence-corrected chi connectivity index (χ4v) is 1.55. The van der Waals surface area contributed by atoms with Gasteiger partial charge < -0.3 is 20.5 Å². The summed E-state index contributed by atoms with van der Waals surface area (Å²) in [5.74, 6) is -1.74. The predicted octanol–water partition coefficient (Wildman–Crippen LogP) is 0.154. The number of hydrogen-bond donors (Lipinski definition) is 3. The van der Waals surface area contributed by atoms with Crippen LogP contribution in [0.5, 0.6) is 0 Å². The quantitative estimate of drug-likeness (QED) is 0.688. The smallest absolute Gasteiger partial charge is 0.407 e. The Morgan fingerprint density at radius 2 is 1.90 bits per heavy atom. The number of carboxylic acid groups (broad SMARTS) is 1. The molecule has 7 nitrogen and oxygen atoms in total. The molecule has 0 radical (unpaired) electrons. The van der Waals surface area contributed by atoms with Crippen LogP contribution in [-0.4, -0.2) is 42.8 Å². The van der Waals surface area contributed by atoms with E-state index in [-0.39, 0.29) is 6.42 Å². The van der Waals surface area contributed by atoms with Gasteiger partial charge in [0.1, 0.15) is 12.6 Å².